The molecule has 0 saturated carbocycles. The van der Waals surface area contributed by atoms with E-state index in [9.17, 15) is 13.5 Å². The van der Waals surface area contributed by atoms with Gasteiger partial charge in [-0.1, -0.05) is 12.1 Å². The molecular weight excluding hydrogens is 274 g/mol. The zero-order chi connectivity index (χ0) is 15.6. The summed E-state index contributed by atoms with van der Waals surface area (Å²) in [6, 6.07) is 5.34. The lowest BCUT2D eigenvalue weighted by Crippen LogP contribution is -2.42. The molecule has 0 aliphatic heterocycles. The molecule has 5 heteroatoms. The summed E-state index contributed by atoms with van der Waals surface area (Å²) in [6.45, 7) is 9.80. The van der Waals surface area contributed by atoms with Crippen molar-refractivity contribution in [3.05, 3.63) is 29.3 Å². The SMILES string of the molecule is Cc1ccc(C)c(S(=O)(=O)CC(O)CNC(C)(C)C)c1. The van der Waals surface area contributed by atoms with Crippen molar-refractivity contribution in [2.24, 2.45) is 0 Å². The fraction of sp³-hybridized carbons (Fsp3) is 0.600. The number of β-amino-alcohol motifs (C(OH)–C–C–N with tert-alkyl or cyclic N) is 1. The highest BCUT2D eigenvalue weighted by Crippen LogP contribution is 2.19. The quantitative estimate of drug-likeness (QED) is 0.870. The van der Waals surface area contributed by atoms with Crippen LogP contribution in [0.4, 0.5) is 0 Å². The number of nitrogens with one attached hydrogen (secondary N) is 1. The van der Waals surface area contributed by atoms with Gasteiger partial charge in [-0.25, -0.2) is 8.42 Å². The lowest BCUT2D eigenvalue weighted by molar-refractivity contribution is 0.181. The van der Waals surface area contributed by atoms with Crippen molar-refractivity contribution in [2.75, 3.05) is 12.3 Å². The van der Waals surface area contributed by atoms with Crippen molar-refractivity contribution in [1.82, 2.24) is 5.32 Å². The number of sulfone groups is 1. The van der Waals surface area contributed by atoms with Gasteiger partial charge in [0.05, 0.1) is 16.8 Å². The van der Waals surface area contributed by atoms with E-state index in [-0.39, 0.29) is 17.8 Å². The highest BCUT2D eigenvalue weighted by molar-refractivity contribution is 7.91. The van der Waals surface area contributed by atoms with Crippen molar-refractivity contribution < 1.29 is 13.5 Å². The Morgan fingerprint density at radius 2 is 1.85 bits per heavy atom. The van der Waals surface area contributed by atoms with Gasteiger partial charge in [-0.15, -0.1) is 0 Å². The van der Waals surface area contributed by atoms with E-state index < -0.39 is 15.9 Å². The molecule has 0 aromatic heterocycles. The van der Waals surface area contributed by atoms with Crippen LogP contribution in [0.3, 0.4) is 0 Å². The molecule has 0 fully saturated rings. The van der Waals surface area contributed by atoms with Crippen molar-refractivity contribution in [3.63, 3.8) is 0 Å². The highest BCUT2D eigenvalue weighted by atomic mass is 32.2. The number of hydrogen-bond donors (Lipinski definition) is 2. The molecule has 20 heavy (non-hydrogen) atoms. The van der Waals surface area contributed by atoms with E-state index in [1.807, 2.05) is 33.8 Å². The van der Waals surface area contributed by atoms with E-state index in [2.05, 4.69) is 5.32 Å². The zero-order valence-electron chi connectivity index (χ0n) is 12.9. The molecule has 0 amide bonds. The topological polar surface area (TPSA) is 66.4 Å². The number of hydrogen-bond acceptors (Lipinski definition) is 4. The minimum absolute atomic E-state index is 0.149. The second-order valence-corrected chi connectivity index (χ2v) is 8.34. The Balaban J connectivity index is 2.82. The molecule has 1 unspecified atom stereocenters. The average molecular weight is 299 g/mol. The van der Waals surface area contributed by atoms with Gasteiger partial charge in [0.1, 0.15) is 0 Å². The first-order valence-electron chi connectivity index (χ1n) is 6.74. The lowest BCUT2D eigenvalue weighted by Gasteiger charge is -2.23. The summed E-state index contributed by atoms with van der Waals surface area (Å²) < 4.78 is 24.7. The van der Waals surface area contributed by atoms with Crippen LogP contribution >= 0.6 is 0 Å². The van der Waals surface area contributed by atoms with Crippen LogP contribution in [-0.4, -0.2) is 37.5 Å². The number of aliphatic hydroxyl groups excluding tert-OH is 1. The van der Waals surface area contributed by atoms with Gasteiger partial charge in [-0.2, -0.15) is 0 Å². The summed E-state index contributed by atoms with van der Waals surface area (Å²) in [6.07, 6.45) is -0.917. The van der Waals surface area contributed by atoms with Crippen LogP contribution < -0.4 is 5.32 Å². The molecule has 0 spiro atoms. The van der Waals surface area contributed by atoms with E-state index in [0.29, 0.717) is 10.5 Å². The first-order valence-corrected chi connectivity index (χ1v) is 8.39. The van der Waals surface area contributed by atoms with E-state index in [1.165, 1.54) is 0 Å². The minimum Gasteiger partial charge on any atom is -0.391 e. The van der Waals surface area contributed by atoms with Crippen LogP contribution in [0.2, 0.25) is 0 Å². The average Bonchev–Trinajstić information content (AvgIpc) is 2.28. The maximum Gasteiger partial charge on any atom is 0.181 e. The second kappa shape index (κ2) is 6.24. The minimum atomic E-state index is -3.47. The summed E-state index contributed by atoms with van der Waals surface area (Å²) in [5, 5.41) is 13.0. The molecule has 1 atom stereocenters. The molecule has 1 rings (SSSR count). The monoisotopic (exact) mass is 299 g/mol. The smallest absolute Gasteiger partial charge is 0.181 e. The van der Waals surface area contributed by atoms with Gasteiger partial charge in [0, 0.05) is 12.1 Å². The summed E-state index contributed by atoms with van der Waals surface area (Å²) >= 11 is 0. The number of aryl methyl sites for hydroxylation is 2. The maximum absolute atomic E-state index is 12.4. The molecule has 0 bridgehead atoms. The molecule has 0 aliphatic rings. The van der Waals surface area contributed by atoms with Gasteiger partial charge in [-0.05, 0) is 51.8 Å². The third-order valence-corrected chi connectivity index (χ3v) is 4.89. The highest BCUT2D eigenvalue weighted by Gasteiger charge is 2.22. The fourth-order valence-corrected chi connectivity index (χ4v) is 3.60. The first kappa shape index (κ1) is 17.1. The van der Waals surface area contributed by atoms with Crippen LogP contribution in [0, 0.1) is 13.8 Å². The Hall–Kier alpha value is -0.910. The molecule has 0 aliphatic carbocycles. The lowest BCUT2D eigenvalue weighted by atomic mass is 10.1. The van der Waals surface area contributed by atoms with Crippen molar-refractivity contribution in [3.8, 4) is 0 Å². The summed E-state index contributed by atoms with van der Waals surface area (Å²) in [5.74, 6) is -0.264. The first-order chi connectivity index (χ1) is 9.01. The predicted octanol–water partition coefficient (Wildman–Crippen LogP) is 1.83. The zero-order valence-corrected chi connectivity index (χ0v) is 13.7. The van der Waals surface area contributed by atoms with Crippen LogP contribution in [-0.2, 0) is 9.84 Å². The summed E-state index contributed by atoms with van der Waals surface area (Å²) in [5.41, 5.74) is 1.47. The van der Waals surface area contributed by atoms with Gasteiger partial charge in [0.25, 0.3) is 0 Å². The third kappa shape index (κ3) is 5.23. The van der Waals surface area contributed by atoms with Gasteiger partial charge >= 0.3 is 0 Å². The Labute approximate surface area is 122 Å². The van der Waals surface area contributed by atoms with Crippen molar-refractivity contribution in [2.45, 2.75) is 51.2 Å². The molecule has 0 saturated heterocycles. The predicted molar refractivity (Wildman–Crippen MR) is 81.7 cm³/mol. The Morgan fingerprint density at radius 3 is 2.40 bits per heavy atom. The van der Waals surface area contributed by atoms with Crippen LogP contribution in [0.5, 0.6) is 0 Å². The molecule has 4 nitrogen and oxygen atoms in total. The Bertz CT molecular complexity index is 559. The Morgan fingerprint density at radius 1 is 1.25 bits per heavy atom. The molecule has 2 N–H and O–H groups in total. The summed E-state index contributed by atoms with van der Waals surface area (Å²) in [4.78, 5) is 0.312. The molecule has 0 heterocycles. The van der Waals surface area contributed by atoms with Crippen LogP contribution in [0.1, 0.15) is 31.9 Å². The van der Waals surface area contributed by atoms with Gasteiger partial charge in [0.15, 0.2) is 9.84 Å². The largest absolute Gasteiger partial charge is 0.391 e. The van der Waals surface area contributed by atoms with E-state index >= 15 is 0 Å². The second-order valence-electron chi connectivity index (χ2n) is 6.34. The van der Waals surface area contributed by atoms with E-state index in [0.717, 1.165) is 5.56 Å². The number of aliphatic hydroxyl groups is 1. The fourth-order valence-electron chi connectivity index (χ4n) is 1.87. The van der Waals surface area contributed by atoms with Crippen LogP contribution in [0.15, 0.2) is 23.1 Å². The Kier molecular flexibility index (Phi) is 5.35. The third-order valence-electron chi connectivity index (χ3n) is 2.96. The molecule has 114 valence electrons. The van der Waals surface area contributed by atoms with Gasteiger partial charge < -0.3 is 10.4 Å². The van der Waals surface area contributed by atoms with Crippen LogP contribution in [0.25, 0.3) is 0 Å². The number of benzene rings is 1. The standard InChI is InChI=1S/C15H25NO3S/c1-11-6-7-12(2)14(8-11)20(18,19)10-13(17)9-16-15(3,4)5/h6-8,13,16-17H,9-10H2,1-5H3. The molecular formula is C15H25NO3S. The number of rotatable bonds is 5. The molecule has 1 aromatic carbocycles. The van der Waals surface area contributed by atoms with E-state index in [1.54, 1.807) is 19.1 Å². The normalized spacial score (nSPS) is 14.3. The van der Waals surface area contributed by atoms with Crippen molar-refractivity contribution in [1.29, 1.82) is 0 Å². The molecule has 0 radical (unpaired) electrons. The van der Waals surface area contributed by atoms with E-state index in [4.69, 9.17) is 0 Å². The summed E-state index contributed by atoms with van der Waals surface area (Å²) in [7, 11) is -3.47. The maximum atomic E-state index is 12.4. The van der Waals surface area contributed by atoms with Gasteiger partial charge in [-0.3, -0.25) is 0 Å². The van der Waals surface area contributed by atoms with Gasteiger partial charge in [0.2, 0.25) is 0 Å². The van der Waals surface area contributed by atoms with Crippen molar-refractivity contribution >= 4 is 9.84 Å². The molecule has 1 aromatic rings.